The second-order valence-electron chi connectivity index (χ2n) is 6.70. The minimum Gasteiger partial charge on any atom is -0.497 e. The number of nitrogens with one attached hydrogen (secondary N) is 2. The van der Waals surface area contributed by atoms with E-state index in [1.165, 1.54) is 0 Å². The van der Waals surface area contributed by atoms with Gasteiger partial charge in [-0.1, -0.05) is 30.3 Å². The summed E-state index contributed by atoms with van der Waals surface area (Å²) >= 11 is 0. The van der Waals surface area contributed by atoms with E-state index >= 15 is 0 Å². The number of benzene rings is 3. The van der Waals surface area contributed by atoms with Crippen LogP contribution in [0.15, 0.2) is 72.8 Å². The van der Waals surface area contributed by atoms with Crippen LogP contribution in [0.4, 0.5) is 5.69 Å². The second kappa shape index (κ2) is 9.55. The Morgan fingerprint density at radius 1 is 0.828 bits per heavy atom. The lowest BCUT2D eigenvalue weighted by Gasteiger charge is -2.09. The van der Waals surface area contributed by atoms with Crippen LogP contribution in [0.5, 0.6) is 5.75 Å². The topological polar surface area (TPSA) is 67.4 Å². The molecule has 0 aliphatic rings. The largest absolute Gasteiger partial charge is 0.497 e. The Kier molecular flexibility index (Phi) is 6.63. The van der Waals surface area contributed by atoms with Gasteiger partial charge in [-0.15, -0.1) is 0 Å². The van der Waals surface area contributed by atoms with E-state index in [0.29, 0.717) is 17.7 Å². The third-order valence-electron chi connectivity index (χ3n) is 4.66. The van der Waals surface area contributed by atoms with Crippen LogP contribution in [-0.4, -0.2) is 25.5 Å². The fraction of sp³-hybridized carbons (Fsp3) is 0.167. The second-order valence-corrected chi connectivity index (χ2v) is 6.70. The standard InChI is InChI=1S/C24H24N2O3/c1-17-5-3-4-6-22(17)26-24(28)20-11-9-19(10-12-20)23(27)25-16-15-18-7-13-21(29-2)14-8-18/h3-14H,15-16H2,1-2H3,(H,25,27)(H,26,28). The molecule has 0 spiro atoms. The molecular formula is C24H24N2O3. The van der Waals surface area contributed by atoms with Crippen molar-refractivity contribution < 1.29 is 14.3 Å². The molecule has 29 heavy (non-hydrogen) atoms. The monoisotopic (exact) mass is 388 g/mol. The van der Waals surface area contributed by atoms with Crippen molar-refractivity contribution >= 4 is 17.5 Å². The number of ether oxygens (including phenoxy) is 1. The van der Waals surface area contributed by atoms with E-state index in [4.69, 9.17) is 4.74 Å². The van der Waals surface area contributed by atoms with Crippen LogP contribution in [0.1, 0.15) is 31.8 Å². The molecule has 0 heterocycles. The molecule has 0 saturated carbocycles. The number of amides is 2. The highest BCUT2D eigenvalue weighted by Crippen LogP contribution is 2.15. The SMILES string of the molecule is COc1ccc(CCNC(=O)c2ccc(C(=O)Nc3ccccc3C)cc2)cc1. The molecule has 0 saturated heterocycles. The van der Waals surface area contributed by atoms with Crippen molar-refractivity contribution in [2.24, 2.45) is 0 Å². The van der Waals surface area contributed by atoms with Crippen molar-refractivity contribution in [3.8, 4) is 5.75 Å². The van der Waals surface area contributed by atoms with Crippen molar-refractivity contribution in [2.75, 3.05) is 19.0 Å². The van der Waals surface area contributed by atoms with Crippen molar-refractivity contribution in [1.82, 2.24) is 5.32 Å². The molecule has 2 N–H and O–H groups in total. The van der Waals surface area contributed by atoms with E-state index in [1.807, 2.05) is 55.5 Å². The first-order chi connectivity index (χ1) is 14.1. The summed E-state index contributed by atoms with van der Waals surface area (Å²) in [5.74, 6) is 0.444. The molecule has 5 nitrogen and oxygen atoms in total. The van der Waals surface area contributed by atoms with Crippen LogP contribution in [0.2, 0.25) is 0 Å². The summed E-state index contributed by atoms with van der Waals surface area (Å²) in [7, 11) is 1.63. The van der Waals surface area contributed by atoms with Gasteiger partial charge < -0.3 is 15.4 Å². The first kappa shape index (κ1) is 20.1. The van der Waals surface area contributed by atoms with Gasteiger partial charge in [0, 0.05) is 23.4 Å². The van der Waals surface area contributed by atoms with Gasteiger partial charge in [-0.2, -0.15) is 0 Å². The lowest BCUT2D eigenvalue weighted by molar-refractivity contribution is 0.0952. The summed E-state index contributed by atoms with van der Waals surface area (Å²) in [6.07, 6.45) is 0.729. The fourth-order valence-electron chi connectivity index (χ4n) is 2.90. The van der Waals surface area contributed by atoms with Crippen LogP contribution in [-0.2, 0) is 6.42 Å². The molecule has 2 amide bonds. The predicted molar refractivity (Wildman–Crippen MR) is 115 cm³/mol. The van der Waals surface area contributed by atoms with Crippen molar-refractivity contribution in [1.29, 1.82) is 0 Å². The summed E-state index contributed by atoms with van der Waals surface area (Å²) in [5.41, 5.74) is 3.91. The number of hydrogen-bond donors (Lipinski definition) is 2. The number of para-hydroxylation sites is 1. The van der Waals surface area contributed by atoms with Crippen molar-refractivity contribution in [3.05, 3.63) is 95.1 Å². The first-order valence-corrected chi connectivity index (χ1v) is 9.45. The highest BCUT2D eigenvalue weighted by Gasteiger charge is 2.10. The molecule has 0 bridgehead atoms. The molecule has 5 heteroatoms. The number of anilines is 1. The van der Waals surface area contributed by atoms with Crippen molar-refractivity contribution in [2.45, 2.75) is 13.3 Å². The molecule has 0 atom stereocenters. The number of carbonyl (C=O) groups is 2. The van der Waals surface area contributed by atoms with Crippen LogP contribution >= 0.6 is 0 Å². The molecule has 0 radical (unpaired) electrons. The van der Waals surface area contributed by atoms with Crippen LogP contribution in [0.25, 0.3) is 0 Å². The number of aryl methyl sites for hydroxylation is 1. The number of hydrogen-bond acceptors (Lipinski definition) is 3. The maximum atomic E-state index is 12.4. The van der Waals surface area contributed by atoms with Gasteiger partial charge in [-0.3, -0.25) is 9.59 Å². The van der Waals surface area contributed by atoms with E-state index in [1.54, 1.807) is 31.4 Å². The van der Waals surface area contributed by atoms with Gasteiger partial charge in [0.05, 0.1) is 7.11 Å². The zero-order chi connectivity index (χ0) is 20.6. The maximum Gasteiger partial charge on any atom is 0.255 e. The number of rotatable bonds is 7. The fourth-order valence-corrected chi connectivity index (χ4v) is 2.90. The molecule has 3 aromatic carbocycles. The van der Waals surface area contributed by atoms with E-state index in [9.17, 15) is 9.59 Å². The molecule has 0 aromatic heterocycles. The lowest BCUT2D eigenvalue weighted by atomic mass is 10.1. The van der Waals surface area contributed by atoms with Gasteiger partial charge >= 0.3 is 0 Å². The van der Waals surface area contributed by atoms with E-state index in [2.05, 4.69) is 10.6 Å². The van der Waals surface area contributed by atoms with Gasteiger partial charge in [0.2, 0.25) is 0 Å². The summed E-state index contributed by atoms with van der Waals surface area (Å²) in [6.45, 7) is 2.47. The predicted octanol–water partition coefficient (Wildman–Crippen LogP) is 4.23. The quantitative estimate of drug-likeness (QED) is 0.637. The van der Waals surface area contributed by atoms with Gasteiger partial charge in [-0.05, 0) is 66.9 Å². The normalized spacial score (nSPS) is 10.3. The van der Waals surface area contributed by atoms with Gasteiger partial charge in [-0.25, -0.2) is 0 Å². The molecule has 3 rings (SSSR count). The highest BCUT2D eigenvalue weighted by molar-refractivity contribution is 6.05. The Labute approximate surface area is 170 Å². The zero-order valence-corrected chi connectivity index (χ0v) is 16.6. The molecule has 0 aliphatic heterocycles. The summed E-state index contributed by atoms with van der Waals surface area (Å²) in [5, 5.41) is 5.79. The minimum absolute atomic E-state index is 0.163. The first-order valence-electron chi connectivity index (χ1n) is 9.45. The van der Waals surface area contributed by atoms with E-state index < -0.39 is 0 Å². The highest BCUT2D eigenvalue weighted by atomic mass is 16.5. The maximum absolute atomic E-state index is 12.4. The van der Waals surface area contributed by atoms with Gasteiger partial charge in [0.25, 0.3) is 11.8 Å². The molecule has 0 unspecified atom stereocenters. The van der Waals surface area contributed by atoms with E-state index in [0.717, 1.165) is 29.0 Å². The third-order valence-corrected chi connectivity index (χ3v) is 4.66. The Morgan fingerprint density at radius 2 is 1.45 bits per heavy atom. The Balaban J connectivity index is 1.52. The smallest absolute Gasteiger partial charge is 0.255 e. The number of carbonyl (C=O) groups excluding carboxylic acids is 2. The number of methoxy groups -OCH3 is 1. The Bertz CT molecular complexity index is 980. The summed E-state index contributed by atoms with van der Waals surface area (Å²) < 4.78 is 5.14. The lowest BCUT2D eigenvalue weighted by Crippen LogP contribution is -2.25. The summed E-state index contributed by atoms with van der Waals surface area (Å²) in [4.78, 5) is 24.7. The molecular weight excluding hydrogens is 364 g/mol. The zero-order valence-electron chi connectivity index (χ0n) is 16.6. The van der Waals surface area contributed by atoms with Gasteiger partial charge in [0.1, 0.15) is 5.75 Å². The Morgan fingerprint density at radius 3 is 2.07 bits per heavy atom. The molecule has 148 valence electrons. The Hall–Kier alpha value is -3.60. The molecule has 0 fully saturated rings. The van der Waals surface area contributed by atoms with Crippen LogP contribution in [0.3, 0.4) is 0 Å². The summed E-state index contributed by atoms with van der Waals surface area (Å²) in [6, 6.07) is 22.0. The average molecular weight is 388 g/mol. The minimum atomic E-state index is -0.203. The molecule has 0 aliphatic carbocycles. The molecule has 3 aromatic rings. The average Bonchev–Trinajstić information content (AvgIpc) is 2.76. The third kappa shape index (κ3) is 5.45. The van der Waals surface area contributed by atoms with Crippen molar-refractivity contribution in [3.63, 3.8) is 0 Å². The van der Waals surface area contributed by atoms with Crippen LogP contribution in [0, 0.1) is 6.92 Å². The van der Waals surface area contributed by atoms with Gasteiger partial charge in [0.15, 0.2) is 0 Å². The van der Waals surface area contributed by atoms with Crippen LogP contribution < -0.4 is 15.4 Å². The van der Waals surface area contributed by atoms with E-state index in [-0.39, 0.29) is 11.8 Å².